The van der Waals surface area contributed by atoms with Crippen LogP contribution in [0.2, 0.25) is 0 Å². The quantitative estimate of drug-likeness (QED) is 0.695. The average Bonchev–Trinajstić information content (AvgIpc) is 3.23. The van der Waals surface area contributed by atoms with E-state index in [1.54, 1.807) is 0 Å². The summed E-state index contributed by atoms with van der Waals surface area (Å²) < 4.78 is 5.49. The molecule has 3 N–H and O–H groups in total. The summed E-state index contributed by atoms with van der Waals surface area (Å²) in [7, 11) is 0. The predicted molar refractivity (Wildman–Crippen MR) is 75.1 cm³/mol. The molecule has 0 saturated heterocycles. The summed E-state index contributed by atoms with van der Waals surface area (Å²) in [4.78, 5) is 12.0. The molecule has 1 aliphatic carbocycles. The second kappa shape index (κ2) is 7.26. The van der Waals surface area contributed by atoms with Crippen molar-refractivity contribution in [3.8, 4) is 0 Å². The molecule has 0 unspecified atom stereocenters. The maximum atomic E-state index is 12.0. The van der Waals surface area contributed by atoms with E-state index in [2.05, 4.69) is 5.32 Å². The fourth-order valence-electron chi connectivity index (χ4n) is 1.98. The van der Waals surface area contributed by atoms with E-state index in [0.29, 0.717) is 19.7 Å². The minimum Gasteiger partial charge on any atom is -0.379 e. The van der Waals surface area contributed by atoms with Crippen LogP contribution in [-0.2, 0) is 11.2 Å². The highest BCUT2D eigenvalue weighted by Crippen LogP contribution is 2.28. The second-order valence-corrected chi connectivity index (χ2v) is 4.97. The molecule has 1 aromatic rings. The molecule has 104 valence electrons. The monoisotopic (exact) mass is 262 g/mol. The van der Waals surface area contributed by atoms with E-state index in [-0.39, 0.29) is 5.91 Å². The molecule has 1 aromatic carbocycles. The highest BCUT2D eigenvalue weighted by atomic mass is 16.5. The van der Waals surface area contributed by atoms with E-state index in [4.69, 9.17) is 10.5 Å². The number of rotatable bonds is 8. The van der Waals surface area contributed by atoms with Gasteiger partial charge in [0, 0.05) is 18.7 Å². The SMILES string of the molecule is NCCc1ccccc1C(=O)NCCOCC1CC1. The molecule has 1 aliphatic rings. The van der Waals surface area contributed by atoms with Crippen molar-refractivity contribution < 1.29 is 9.53 Å². The van der Waals surface area contributed by atoms with Crippen LogP contribution >= 0.6 is 0 Å². The zero-order valence-electron chi connectivity index (χ0n) is 11.2. The van der Waals surface area contributed by atoms with Gasteiger partial charge in [0.15, 0.2) is 0 Å². The van der Waals surface area contributed by atoms with Crippen LogP contribution in [0.25, 0.3) is 0 Å². The zero-order valence-corrected chi connectivity index (χ0v) is 11.2. The van der Waals surface area contributed by atoms with Crippen LogP contribution in [0.4, 0.5) is 0 Å². The molecule has 19 heavy (non-hydrogen) atoms. The van der Waals surface area contributed by atoms with Crippen molar-refractivity contribution in [3.05, 3.63) is 35.4 Å². The Labute approximate surface area is 114 Å². The van der Waals surface area contributed by atoms with E-state index in [1.165, 1.54) is 12.8 Å². The predicted octanol–water partition coefficient (Wildman–Crippen LogP) is 1.34. The molecule has 0 atom stereocenters. The molecule has 1 fully saturated rings. The third kappa shape index (κ3) is 4.65. The number of hydrogen-bond acceptors (Lipinski definition) is 3. The van der Waals surface area contributed by atoms with Gasteiger partial charge in [-0.25, -0.2) is 0 Å². The van der Waals surface area contributed by atoms with Gasteiger partial charge in [0.2, 0.25) is 0 Å². The Morgan fingerprint density at radius 1 is 1.37 bits per heavy atom. The highest BCUT2D eigenvalue weighted by molar-refractivity contribution is 5.95. The lowest BCUT2D eigenvalue weighted by Crippen LogP contribution is -2.28. The van der Waals surface area contributed by atoms with Gasteiger partial charge in [0.25, 0.3) is 5.91 Å². The molecule has 0 spiro atoms. The molecule has 1 saturated carbocycles. The molecule has 2 rings (SSSR count). The minimum absolute atomic E-state index is 0.0425. The van der Waals surface area contributed by atoms with Crippen molar-refractivity contribution in [2.24, 2.45) is 11.7 Å². The van der Waals surface area contributed by atoms with E-state index in [0.717, 1.165) is 30.1 Å². The summed E-state index contributed by atoms with van der Waals surface area (Å²) in [6.07, 6.45) is 3.30. The maximum absolute atomic E-state index is 12.0. The van der Waals surface area contributed by atoms with Crippen LogP contribution in [-0.4, -0.2) is 32.2 Å². The van der Waals surface area contributed by atoms with E-state index in [9.17, 15) is 4.79 Å². The fraction of sp³-hybridized carbons (Fsp3) is 0.533. The van der Waals surface area contributed by atoms with Gasteiger partial charge in [0.05, 0.1) is 6.61 Å². The summed E-state index contributed by atoms with van der Waals surface area (Å²) in [5.41, 5.74) is 7.27. The Bertz CT molecular complexity index is 416. The van der Waals surface area contributed by atoms with E-state index < -0.39 is 0 Å². The standard InChI is InChI=1S/C15H22N2O2/c16-8-7-13-3-1-2-4-14(13)15(18)17-9-10-19-11-12-5-6-12/h1-4,12H,5-11,16H2,(H,17,18). The topological polar surface area (TPSA) is 64.4 Å². The Morgan fingerprint density at radius 3 is 2.89 bits per heavy atom. The zero-order chi connectivity index (χ0) is 13.5. The van der Waals surface area contributed by atoms with Crippen molar-refractivity contribution in [2.45, 2.75) is 19.3 Å². The number of nitrogens with one attached hydrogen (secondary N) is 1. The number of nitrogens with two attached hydrogens (primary N) is 1. The lowest BCUT2D eigenvalue weighted by atomic mass is 10.0. The summed E-state index contributed by atoms with van der Waals surface area (Å²) in [5.74, 6) is 0.722. The van der Waals surface area contributed by atoms with Crippen LogP contribution in [0.3, 0.4) is 0 Å². The summed E-state index contributed by atoms with van der Waals surface area (Å²) in [5, 5.41) is 2.89. The van der Waals surface area contributed by atoms with Crippen molar-refractivity contribution in [1.82, 2.24) is 5.32 Å². The Kier molecular flexibility index (Phi) is 5.36. The van der Waals surface area contributed by atoms with Gasteiger partial charge in [-0.15, -0.1) is 0 Å². The number of carbonyl (C=O) groups excluding carboxylic acids is 1. The van der Waals surface area contributed by atoms with Crippen LogP contribution in [0.1, 0.15) is 28.8 Å². The van der Waals surface area contributed by atoms with Gasteiger partial charge in [0.1, 0.15) is 0 Å². The van der Waals surface area contributed by atoms with Gasteiger partial charge in [-0.2, -0.15) is 0 Å². The summed E-state index contributed by atoms with van der Waals surface area (Å²) in [6, 6.07) is 7.59. The first-order valence-electron chi connectivity index (χ1n) is 6.95. The van der Waals surface area contributed by atoms with Gasteiger partial charge in [-0.05, 0) is 43.4 Å². The van der Waals surface area contributed by atoms with Gasteiger partial charge < -0.3 is 15.8 Å². The molecule has 1 amide bonds. The van der Waals surface area contributed by atoms with Crippen LogP contribution in [0.15, 0.2) is 24.3 Å². The lowest BCUT2D eigenvalue weighted by Gasteiger charge is -2.09. The van der Waals surface area contributed by atoms with Crippen LogP contribution in [0.5, 0.6) is 0 Å². The van der Waals surface area contributed by atoms with Crippen LogP contribution < -0.4 is 11.1 Å². The number of ether oxygens (including phenoxy) is 1. The van der Waals surface area contributed by atoms with Crippen molar-refractivity contribution >= 4 is 5.91 Å². The first kappa shape index (κ1) is 14.0. The highest BCUT2D eigenvalue weighted by Gasteiger charge is 2.20. The fourth-order valence-corrected chi connectivity index (χ4v) is 1.98. The van der Waals surface area contributed by atoms with E-state index >= 15 is 0 Å². The summed E-state index contributed by atoms with van der Waals surface area (Å²) in [6.45, 7) is 2.53. The first-order chi connectivity index (χ1) is 9.31. The largest absolute Gasteiger partial charge is 0.379 e. The number of benzene rings is 1. The molecule has 0 heterocycles. The second-order valence-electron chi connectivity index (χ2n) is 4.97. The molecular formula is C15H22N2O2. The number of amides is 1. The normalized spacial score (nSPS) is 14.4. The lowest BCUT2D eigenvalue weighted by molar-refractivity contribution is 0.0905. The minimum atomic E-state index is -0.0425. The number of carbonyl (C=O) groups is 1. The number of hydrogen-bond donors (Lipinski definition) is 2. The van der Waals surface area contributed by atoms with Gasteiger partial charge in [-0.3, -0.25) is 4.79 Å². The Hall–Kier alpha value is -1.39. The van der Waals surface area contributed by atoms with Gasteiger partial charge in [-0.1, -0.05) is 18.2 Å². The van der Waals surface area contributed by atoms with Crippen molar-refractivity contribution in [3.63, 3.8) is 0 Å². The van der Waals surface area contributed by atoms with Crippen molar-refractivity contribution in [1.29, 1.82) is 0 Å². The molecule has 0 aromatic heterocycles. The Balaban J connectivity index is 1.74. The smallest absolute Gasteiger partial charge is 0.251 e. The molecule has 4 heteroatoms. The third-order valence-corrected chi connectivity index (χ3v) is 3.26. The van der Waals surface area contributed by atoms with E-state index in [1.807, 2.05) is 24.3 Å². The molecule has 4 nitrogen and oxygen atoms in total. The maximum Gasteiger partial charge on any atom is 0.251 e. The Morgan fingerprint density at radius 2 is 2.16 bits per heavy atom. The molecule has 0 radical (unpaired) electrons. The first-order valence-corrected chi connectivity index (χ1v) is 6.95. The molecule has 0 aliphatic heterocycles. The van der Waals surface area contributed by atoms with Gasteiger partial charge >= 0.3 is 0 Å². The molecule has 0 bridgehead atoms. The van der Waals surface area contributed by atoms with Crippen molar-refractivity contribution in [2.75, 3.05) is 26.3 Å². The molecular weight excluding hydrogens is 240 g/mol. The van der Waals surface area contributed by atoms with Crippen LogP contribution in [0, 0.1) is 5.92 Å². The summed E-state index contributed by atoms with van der Waals surface area (Å²) >= 11 is 0. The third-order valence-electron chi connectivity index (χ3n) is 3.26. The average molecular weight is 262 g/mol.